The van der Waals surface area contributed by atoms with Crippen LogP contribution in [0.15, 0.2) is 0 Å². The maximum Gasteiger partial charge on any atom is 0.306 e. The van der Waals surface area contributed by atoms with E-state index in [4.69, 9.17) is 9.84 Å². The maximum absolute atomic E-state index is 12.3. The first-order chi connectivity index (χ1) is 21.6. The molecule has 262 valence electrons. The maximum atomic E-state index is 12.3. The van der Waals surface area contributed by atoms with Gasteiger partial charge in [0.2, 0.25) is 0 Å². The minimum absolute atomic E-state index is 0.0120. The molecule has 0 saturated heterocycles. The summed E-state index contributed by atoms with van der Waals surface area (Å²) in [5, 5.41) is 8.66. The number of hydrogen-bond donors (Lipinski definition) is 1. The average molecular weight is 623 g/mol. The molecule has 4 heteroatoms. The Hall–Kier alpha value is -1.06. The molecule has 0 fully saturated rings. The Labute approximate surface area is 275 Å². The molecule has 0 bridgehead atoms. The van der Waals surface area contributed by atoms with Crippen molar-refractivity contribution in [3.63, 3.8) is 0 Å². The van der Waals surface area contributed by atoms with Crippen LogP contribution in [0.4, 0.5) is 0 Å². The van der Waals surface area contributed by atoms with E-state index in [2.05, 4.69) is 13.8 Å². The van der Waals surface area contributed by atoms with Gasteiger partial charge in [-0.05, 0) is 32.1 Å². The van der Waals surface area contributed by atoms with Gasteiger partial charge >= 0.3 is 11.9 Å². The van der Waals surface area contributed by atoms with E-state index in [9.17, 15) is 9.59 Å². The van der Waals surface area contributed by atoms with Crippen LogP contribution in [0.5, 0.6) is 0 Å². The fourth-order valence-electron chi connectivity index (χ4n) is 6.35. The van der Waals surface area contributed by atoms with Gasteiger partial charge in [0.15, 0.2) is 0 Å². The molecule has 0 aliphatic rings. The van der Waals surface area contributed by atoms with Gasteiger partial charge < -0.3 is 9.84 Å². The molecule has 0 aromatic carbocycles. The standard InChI is InChI=1S/C40H78O4/c1-3-5-6-7-8-9-10-11-12-13-14-15-16-17-18-19-20-25-28-31-34-37-40(43)44-38(4-2)35-32-29-26-23-21-22-24-27-30-33-36-39(41)42/h38H,3-37H2,1-2H3,(H,41,42). The zero-order valence-corrected chi connectivity index (χ0v) is 30.0. The predicted octanol–water partition coefficient (Wildman–Crippen LogP) is 13.7. The van der Waals surface area contributed by atoms with Crippen LogP contribution in [0.2, 0.25) is 0 Å². The van der Waals surface area contributed by atoms with E-state index in [0.717, 1.165) is 51.4 Å². The van der Waals surface area contributed by atoms with E-state index in [0.29, 0.717) is 12.8 Å². The zero-order chi connectivity index (χ0) is 32.2. The molecule has 0 saturated carbocycles. The van der Waals surface area contributed by atoms with Gasteiger partial charge in [-0.15, -0.1) is 0 Å². The number of esters is 1. The van der Waals surface area contributed by atoms with Gasteiger partial charge in [0, 0.05) is 12.8 Å². The summed E-state index contributed by atoms with van der Waals surface area (Å²) in [6.45, 7) is 4.43. The largest absolute Gasteiger partial charge is 0.481 e. The number of ether oxygens (including phenoxy) is 1. The quantitative estimate of drug-likeness (QED) is 0.0553. The van der Waals surface area contributed by atoms with Gasteiger partial charge in [-0.1, -0.05) is 194 Å². The molecule has 0 aromatic heterocycles. The lowest BCUT2D eigenvalue weighted by atomic mass is 10.0. The molecule has 4 nitrogen and oxygen atoms in total. The zero-order valence-electron chi connectivity index (χ0n) is 30.0. The Balaban J connectivity index is 3.35. The molecule has 0 aromatic rings. The number of carbonyl (C=O) groups is 2. The number of unbranched alkanes of at least 4 members (excludes halogenated alkanes) is 29. The van der Waals surface area contributed by atoms with Crippen molar-refractivity contribution >= 4 is 11.9 Å². The van der Waals surface area contributed by atoms with Crippen LogP contribution >= 0.6 is 0 Å². The summed E-state index contributed by atoms with van der Waals surface area (Å²) in [5.74, 6) is -0.663. The van der Waals surface area contributed by atoms with Crippen LogP contribution in [0.1, 0.15) is 239 Å². The SMILES string of the molecule is CCCCCCCCCCCCCCCCCCCCCCCC(=O)OC(CC)CCCCCCCCCCCCC(=O)O. The van der Waals surface area contributed by atoms with Gasteiger partial charge in [-0.3, -0.25) is 9.59 Å². The van der Waals surface area contributed by atoms with Crippen molar-refractivity contribution in [1.82, 2.24) is 0 Å². The second-order valence-electron chi connectivity index (χ2n) is 13.8. The topological polar surface area (TPSA) is 63.6 Å². The third-order valence-electron chi connectivity index (χ3n) is 9.40. The number of carboxylic acid groups (broad SMARTS) is 1. The summed E-state index contributed by atoms with van der Waals surface area (Å²) in [4.78, 5) is 22.8. The molecule has 1 unspecified atom stereocenters. The van der Waals surface area contributed by atoms with Crippen LogP contribution in [0.25, 0.3) is 0 Å². The number of aliphatic carboxylic acids is 1. The van der Waals surface area contributed by atoms with Crippen LogP contribution in [0.3, 0.4) is 0 Å². The monoisotopic (exact) mass is 623 g/mol. The van der Waals surface area contributed by atoms with Crippen molar-refractivity contribution in [3.8, 4) is 0 Å². The van der Waals surface area contributed by atoms with E-state index >= 15 is 0 Å². The fourth-order valence-corrected chi connectivity index (χ4v) is 6.35. The third-order valence-corrected chi connectivity index (χ3v) is 9.40. The molecule has 0 radical (unpaired) electrons. The molecule has 1 N–H and O–H groups in total. The lowest BCUT2D eigenvalue weighted by Crippen LogP contribution is -2.17. The van der Waals surface area contributed by atoms with Crippen molar-refractivity contribution in [2.75, 3.05) is 0 Å². The van der Waals surface area contributed by atoms with E-state index in [1.54, 1.807) is 0 Å². The summed E-state index contributed by atoms with van der Waals surface area (Å²) in [5.41, 5.74) is 0. The van der Waals surface area contributed by atoms with Crippen LogP contribution < -0.4 is 0 Å². The van der Waals surface area contributed by atoms with Crippen molar-refractivity contribution in [1.29, 1.82) is 0 Å². The number of hydrogen-bond acceptors (Lipinski definition) is 3. The number of carboxylic acids is 1. The average Bonchev–Trinajstić information content (AvgIpc) is 3.01. The number of rotatable bonds is 37. The third kappa shape index (κ3) is 35.4. The molecule has 1 atom stereocenters. The van der Waals surface area contributed by atoms with Crippen molar-refractivity contribution < 1.29 is 19.4 Å². The van der Waals surface area contributed by atoms with Crippen molar-refractivity contribution in [2.45, 2.75) is 245 Å². The van der Waals surface area contributed by atoms with Crippen molar-refractivity contribution in [3.05, 3.63) is 0 Å². The molecule has 0 aliphatic carbocycles. The first-order valence-corrected chi connectivity index (χ1v) is 20.0. The highest BCUT2D eigenvalue weighted by atomic mass is 16.5. The normalized spacial score (nSPS) is 12.0. The van der Waals surface area contributed by atoms with E-state index < -0.39 is 5.97 Å². The van der Waals surface area contributed by atoms with Gasteiger partial charge in [0.25, 0.3) is 0 Å². The molecule has 0 spiro atoms. The van der Waals surface area contributed by atoms with Gasteiger partial charge in [-0.25, -0.2) is 0 Å². The van der Waals surface area contributed by atoms with E-state index in [1.165, 1.54) is 161 Å². The Kier molecular flexibility index (Phi) is 35.5. The second kappa shape index (κ2) is 36.4. The van der Waals surface area contributed by atoms with Crippen LogP contribution in [-0.4, -0.2) is 23.1 Å². The molecule has 44 heavy (non-hydrogen) atoms. The lowest BCUT2D eigenvalue weighted by molar-refractivity contribution is -0.149. The minimum atomic E-state index is -0.675. The highest BCUT2D eigenvalue weighted by molar-refractivity contribution is 5.69. The summed E-state index contributed by atoms with van der Waals surface area (Å²) < 4.78 is 5.77. The summed E-state index contributed by atoms with van der Waals surface area (Å²) in [6.07, 6.45) is 43.7. The highest BCUT2D eigenvalue weighted by Gasteiger charge is 2.12. The minimum Gasteiger partial charge on any atom is -0.481 e. The molecule has 0 rings (SSSR count). The molecular formula is C40H78O4. The van der Waals surface area contributed by atoms with Crippen molar-refractivity contribution in [2.24, 2.45) is 0 Å². The summed E-state index contributed by atoms with van der Waals surface area (Å²) in [6, 6.07) is 0. The van der Waals surface area contributed by atoms with E-state index in [-0.39, 0.29) is 12.1 Å². The van der Waals surface area contributed by atoms with Crippen LogP contribution in [-0.2, 0) is 14.3 Å². The van der Waals surface area contributed by atoms with Gasteiger partial charge in [-0.2, -0.15) is 0 Å². The van der Waals surface area contributed by atoms with Gasteiger partial charge in [0.1, 0.15) is 6.10 Å². The molecule has 0 amide bonds. The Morgan fingerprint density at radius 2 is 0.727 bits per heavy atom. The second-order valence-corrected chi connectivity index (χ2v) is 13.8. The Morgan fingerprint density at radius 1 is 0.432 bits per heavy atom. The Morgan fingerprint density at radius 3 is 1.05 bits per heavy atom. The number of carbonyl (C=O) groups excluding carboxylic acids is 1. The van der Waals surface area contributed by atoms with E-state index in [1.807, 2.05) is 0 Å². The Bertz CT molecular complexity index is 590. The summed E-state index contributed by atoms with van der Waals surface area (Å²) >= 11 is 0. The molecular weight excluding hydrogens is 544 g/mol. The van der Waals surface area contributed by atoms with Gasteiger partial charge in [0.05, 0.1) is 0 Å². The molecule has 0 aliphatic heterocycles. The molecule has 0 heterocycles. The smallest absolute Gasteiger partial charge is 0.306 e. The fraction of sp³-hybridized carbons (Fsp3) is 0.950. The first kappa shape index (κ1) is 42.9. The summed E-state index contributed by atoms with van der Waals surface area (Å²) in [7, 11) is 0. The predicted molar refractivity (Wildman–Crippen MR) is 190 cm³/mol. The lowest BCUT2D eigenvalue weighted by Gasteiger charge is -2.16. The highest BCUT2D eigenvalue weighted by Crippen LogP contribution is 2.17. The van der Waals surface area contributed by atoms with Crippen LogP contribution in [0, 0.1) is 0 Å². The first-order valence-electron chi connectivity index (χ1n) is 20.0.